The van der Waals surface area contributed by atoms with Crippen molar-refractivity contribution in [2.75, 3.05) is 25.2 Å². The first kappa shape index (κ1) is 21.5. The lowest BCUT2D eigenvalue weighted by Crippen LogP contribution is -2.45. The highest BCUT2D eigenvalue weighted by Gasteiger charge is 2.35. The zero-order valence-corrected chi connectivity index (χ0v) is 17.6. The molecule has 0 bridgehead atoms. The van der Waals surface area contributed by atoms with Crippen LogP contribution in [0.25, 0.3) is 10.4 Å². The second-order valence-electron chi connectivity index (χ2n) is 6.58. The lowest BCUT2D eigenvalue weighted by molar-refractivity contribution is -0.142. The molecule has 1 heterocycles. The first-order valence-corrected chi connectivity index (χ1v) is 10.3. The number of benzene rings is 2. The molecule has 2 aromatic carbocycles. The molecule has 0 aromatic heterocycles. The van der Waals surface area contributed by atoms with Crippen LogP contribution in [0.2, 0.25) is 0 Å². The van der Waals surface area contributed by atoms with E-state index in [-0.39, 0.29) is 30.9 Å². The molecular weight excluding hydrogens is 404 g/mol. The molecule has 0 aliphatic carbocycles. The topological polar surface area (TPSA) is 105 Å². The zero-order chi connectivity index (χ0) is 21.5. The average Bonchev–Trinajstić information content (AvgIpc) is 2.76. The summed E-state index contributed by atoms with van der Waals surface area (Å²) in [6.07, 6.45) is 0.521. The van der Waals surface area contributed by atoms with E-state index >= 15 is 0 Å². The number of ether oxygens (including phenoxy) is 2. The summed E-state index contributed by atoms with van der Waals surface area (Å²) in [4.78, 5) is 30.6. The van der Waals surface area contributed by atoms with Crippen LogP contribution in [0, 0.1) is 0 Å². The number of carbonyl (C=O) groups excluding carboxylic acids is 2. The molecule has 0 saturated heterocycles. The standard InChI is InChI=1S/C21H22N4O4S/c1-3-29-20(26)13-25-17-10-15(12-23-24-22)6-9-18(17)30-19(21(25)27)11-14-4-7-16(28-2)8-5-14/h4-10,19H,3,11-13H2,1-2H3. The number of hydrogen-bond acceptors (Lipinski definition) is 6. The molecule has 1 aliphatic heterocycles. The van der Waals surface area contributed by atoms with Gasteiger partial charge in [0.2, 0.25) is 5.91 Å². The van der Waals surface area contributed by atoms with E-state index in [4.69, 9.17) is 15.0 Å². The Morgan fingerprint density at radius 1 is 1.23 bits per heavy atom. The van der Waals surface area contributed by atoms with Crippen LogP contribution in [-0.4, -0.2) is 37.4 Å². The van der Waals surface area contributed by atoms with E-state index in [2.05, 4.69) is 10.0 Å². The molecule has 1 aliphatic rings. The molecule has 0 radical (unpaired) electrons. The van der Waals surface area contributed by atoms with Gasteiger partial charge in [-0.15, -0.1) is 11.8 Å². The minimum atomic E-state index is -0.465. The number of esters is 1. The van der Waals surface area contributed by atoms with Crippen LogP contribution in [0.15, 0.2) is 52.5 Å². The van der Waals surface area contributed by atoms with Gasteiger partial charge in [0, 0.05) is 9.81 Å². The van der Waals surface area contributed by atoms with Crippen molar-refractivity contribution in [1.82, 2.24) is 0 Å². The lowest BCUT2D eigenvalue weighted by Gasteiger charge is -2.33. The molecule has 3 rings (SSSR count). The predicted octanol–water partition coefficient (Wildman–Crippen LogP) is 4.12. The summed E-state index contributed by atoms with van der Waals surface area (Å²) in [5.41, 5.74) is 11.0. The number of thioether (sulfide) groups is 1. The summed E-state index contributed by atoms with van der Waals surface area (Å²) in [6.45, 7) is 1.98. The molecule has 0 fully saturated rings. The number of fused-ring (bicyclic) bond motifs is 1. The molecule has 2 aromatic rings. The van der Waals surface area contributed by atoms with Gasteiger partial charge in [-0.2, -0.15) is 0 Å². The van der Waals surface area contributed by atoms with Crippen molar-refractivity contribution in [3.05, 3.63) is 64.0 Å². The monoisotopic (exact) mass is 426 g/mol. The molecule has 9 heteroatoms. The van der Waals surface area contributed by atoms with Crippen LogP contribution in [0.1, 0.15) is 18.1 Å². The maximum atomic E-state index is 13.3. The highest BCUT2D eigenvalue weighted by Crippen LogP contribution is 2.41. The smallest absolute Gasteiger partial charge is 0.326 e. The summed E-state index contributed by atoms with van der Waals surface area (Å²) < 4.78 is 10.3. The van der Waals surface area contributed by atoms with Crippen LogP contribution < -0.4 is 9.64 Å². The third-order valence-electron chi connectivity index (χ3n) is 4.61. The van der Waals surface area contributed by atoms with Crippen molar-refractivity contribution in [3.8, 4) is 5.75 Å². The quantitative estimate of drug-likeness (QED) is 0.273. The summed E-state index contributed by atoms with van der Waals surface area (Å²) >= 11 is 1.47. The number of nitrogens with zero attached hydrogens (tertiary/aromatic N) is 4. The summed E-state index contributed by atoms with van der Waals surface area (Å²) in [7, 11) is 1.61. The van der Waals surface area contributed by atoms with E-state index in [1.807, 2.05) is 36.4 Å². The zero-order valence-electron chi connectivity index (χ0n) is 16.8. The molecule has 1 amide bonds. The maximum absolute atomic E-state index is 13.3. The number of rotatable bonds is 8. The fraction of sp³-hybridized carbons (Fsp3) is 0.333. The van der Waals surface area contributed by atoms with Gasteiger partial charge in [-0.25, -0.2) is 0 Å². The van der Waals surface area contributed by atoms with Crippen LogP contribution in [0.3, 0.4) is 0 Å². The molecule has 1 atom stereocenters. The third kappa shape index (κ3) is 5.06. The van der Waals surface area contributed by atoms with Gasteiger partial charge in [0.05, 0.1) is 31.2 Å². The Labute approximate surface area is 178 Å². The highest BCUT2D eigenvalue weighted by molar-refractivity contribution is 8.01. The minimum Gasteiger partial charge on any atom is -0.497 e. The molecule has 0 spiro atoms. The summed E-state index contributed by atoms with van der Waals surface area (Å²) in [5, 5.41) is 3.21. The van der Waals surface area contributed by atoms with Crippen molar-refractivity contribution in [2.45, 2.75) is 30.0 Å². The van der Waals surface area contributed by atoms with Crippen LogP contribution in [0.4, 0.5) is 5.69 Å². The van der Waals surface area contributed by atoms with Crippen molar-refractivity contribution < 1.29 is 19.1 Å². The van der Waals surface area contributed by atoms with Gasteiger partial charge in [0.1, 0.15) is 12.3 Å². The van der Waals surface area contributed by atoms with Crippen LogP contribution in [-0.2, 0) is 27.3 Å². The van der Waals surface area contributed by atoms with Crippen molar-refractivity contribution in [3.63, 3.8) is 0 Å². The first-order chi connectivity index (χ1) is 14.5. The molecule has 8 nitrogen and oxygen atoms in total. The molecule has 156 valence electrons. The van der Waals surface area contributed by atoms with Gasteiger partial charge in [-0.1, -0.05) is 23.3 Å². The fourth-order valence-corrected chi connectivity index (χ4v) is 4.43. The number of carbonyl (C=O) groups is 2. The average molecular weight is 426 g/mol. The highest BCUT2D eigenvalue weighted by atomic mass is 32.2. The second kappa shape index (κ2) is 10.0. The Bertz CT molecular complexity index is 973. The Morgan fingerprint density at radius 2 is 1.97 bits per heavy atom. The number of anilines is 1. The van der Waals surface area contributed by atoms with E-state index in [1.54, 1.807) is 20.1 Å². The summed E-state index contributed by atoms with van der Waals surface area (Å²) in [5.74, 6) is 0.132. The van der Waals surface area contributed by atoms with Gasteiger partial charge >= 0.3 is 5.97 Å². The van der Waals surface area contributed by atoms with E-state index in [9.17, 15) is 9.59 Å². The molecule has 0 saturated carbocycles. The Kier molecular flexibility index (Phi) is 7.21. The number of methoxy groups -OCH3 is 1. The summed E-state index contributed by atoms with van der Waals surface area (Å²) in [6, 6.07) is 13.1. The van der Waals surface area contributed by atoms with Gasteiger partial charge in [-0.05, 0) is 54.3 Å². The number of amides is 1. The SMILES string of the molecule is CCOC(=O)CN1C(=O)C(Cc2ccc(OC)cc2)Sc2ccc(CN=[N+]=[N-])cc21. The Balaban J connectivity index is 1.90. The molecule has 0 N–H and O–H groups in total. The van der Waals surface area contributed by atoms with E-state index in [0.29, 0.717) is 12.1 Å². The maximum Gasteiger partial charge on any atom is 0.326 e. The van der Waals surface area contributed by atoms with Crippen molar-refractivity contribution >= 4 is 29.3 Å². The van der Waals surface area contributed by atoms with Crippen LogP contribution >= 0.6 is 11.8 Å². The molecular formula is C21H22N4O4S. The largest absolute Gasteiger partial charge is 0.497 e. The Hall–Kier alpha value is -3.16. The van der Waals surface area contributed by atoms with E-state index in [1.165, 1.54) is 16.7 Å². The van der Waals surface area contributed by atoms with Gasteiger partial charge in [0.25, 0.3) is 0 Å². The predicted molar refractivity (Wildman–Crippen MR) is 115 cm³/mol. The van der Waals surface area contributed by atoms with Crippen molar-refractivity contribution in [2.24, 2.45) is 5.11 Å². The van der Waals surface area contributed by atoms with E-state index < -0.39 is 5.97 Å². The van der Waals surface area contributed by atoms with E-state index in [0.717, 1.165) is 21.8 Å². The number of azide groups is 1. The lowest BCUT2D eigenvalue weighted by atomic mass is 10.1. The molecule has 1 unspecified atom stereocenters. The minimum absolute atomic E-state index is 0.155. The first-order valence-electron chi connectivity index (χ1n) is 9.46. The van der Waals surface area contributed by atoms with Crippen molar-refractivity contribution in [1.29, 1.82) is 0 Å². The Morgan fingerprint density at radius 3 is 2.63 bits per heavy atom. The normalized spacial score (nSPS) is 15.2. The van der Waals surface area contributed by atoms with Gasteiger partial charge in [-0.3, -0.25) is 14.5 Å². The fourth-order valence-electron chi connectivity index (χ4n) is 3.18. The second-order valence-corrected chi connectivity index (χ2v) is 7.82. The molecule has 30 heavy (non-hydrogen) atoms. The third-order valence-corrected chi connectivity index (χ3v) is 5.87. The van der Waals surface area contributed by atoms with Gasteiger partial charge in [0.15, 0.2) is 0 Å². The van der Waals surface area contributed by atoms with Gasteiger partial charge < -0.3 is 9.47 Å². The number of hydrogen-bond donors (Lipinski definition) is 0. The van der Waals surface area contributed by atoms with Crippen LogP contribution in [0.5, 0.6) is 5.75 Å².